The lowest BCUT2D eigenvalue weighted by molar-refractivity contribution is 0.563. The van der Waals surface area contributed by atoms with Crippen LogP contribution >= 0.6 is 27.5 Å². The molecule has 0 unspecified atom stereocenters. The molecule has 0 aliphatic carbocycles. The van der Waals surface area contributed by atoms with Crippen molar-refractivity contribution in [3.8, 4) is 0 Å². The lowest BCUT2D eigenvalue weighted by Crippen LogP contribution is -1.90. The molecule has 4 heteroatoms. The van der Waals surface area contributed by atoms with Crippen LogP contribution in [-0.2, 0) is 11.2 Å². The van der Waals surface area contributed by atoms with Crippen LogP contribution < -0.4 is 0 Å². The van der Waals surface area contributed by atoms with E-state index in [2.05, 4.69) is 20.9 Å². The number of aliphatic imine (C=N–C) groups is 1. The van der Waals surface area contributed by atoms with Gasteiger partial charge in [0.2, 0.25) is 6.08 Å². The van der Waals surface area contributed by atoms with Crippen LogP contribution in [0.2, 0.25) is 5.02 Å². The maximum absolute atomic E-state index is 9.80. The van der Waals surface area contributed by atoms with E-state index < -0.39 is 0 Å². The first-order chi connectivity index (χ1) is 6.24. The first kappa shape index (κ1) is 10.5. The molecule has 0 saturated heterocycles. The Hall–Kier alpha value is -0.630. The third kappa shape index (κ3) is 3.31. The van der Waals surface area contributed by atoms with Gasteiger partial charge in [0.25, 0.3) is 0 Å². The topological polar surface area (TPSA) is 29.4 Å². The van der Waals surface area contributed by atoms with Crippen molar-refractivity contribution < 1.29 is 4.79 Å². The molecule has 0 bridgehead atoms. The summed E-state index contributed by atoms with van der Waals surface area (Å²) in [7, 11) is 0. The van der Waals surface area contributed by atoms with E-state index in [1.54, 1.807) is 0 Å². The van der Waals surface area contributed by atoms with Gasteiger partial charge in [0.05, 0.1) is 6.54 Å². The number of halogens is 2. The summed E-state index contributed by atoms with van der Waals surface area (Å²) in [6.45, 7) is 0.435. The van der Waals surface area contributed by atoms with Crippen LogP contribution in [0, 0.1) is 0 Å². The van der Waals surface area contributed by atoms with Gasteiger partial charge >= 0.3 is 0 Å². The van der Waals surface area contributed by atoms with E-state index in [0.29, 0.717) is 18.0 Å². The summed E-state index contributed by atoms with van der Waals surface area (Å²) in [5.74, 6) is 0. The third-order valence-corrected chi connectivity index (χ3v) is 2.42. The Bertz CT molecular complexity index is 347. The molecule has 0 heterocycles. The first-order valence-electron chi connectivity index (χ1n) is 3.71. The maximum atomic E-state index is 9.80. The Morgan fingerprint density at radius 1 is 1.54 bits per heavy atom. The van der Waals surface area contributed by atoms with Crippen LogP contribution in [-0.4, -0.2) is 12.6 Å². The second-order valence-electron chi connectivity index (χ2n) is 2.46. The van der Waals surface area contributed by atoms with Gasteiger partial charge in [0.1, 0.15) is 0 Å². The van der Waals surface area contributed by atoms with Gasteiger partial charge in [-0.2, -0.15) is 0 Å². The minimum Gasteiger partial charge on any atom is -0.211 e. The van der Waals surface area contributed by atoms with Gasteiger partial charge in [0, 0.05) is 9.50 Å². The summed E-state index contributed by atoms with van der Waals surface area (Å²) in [6.07, 6.45) is 2.16. The van der Waals surface area contributed by atoms with Gasteiger partial charge in [-0.05, 0) is 24.1 Å². The highest BCUT2D eigenvalue weighted by Gasteiger charge is 1.99. The Morgan fingerprint density at radius 3 is 2.92 bits per heavy atom. The van der Waals surface area contributed by atoms with E-state index in [0.717, 1.165) is 10.0 Å². The minimum absolute atomic E-state index is 0.435. The normalized spacial score (nSPS) is 9.38. The molecule has 13 heavy (non-hydrogen) atoms. The fraction of sp³-hybridized carbons (Fsp3) is 0.222. The van der Waals surface area contributed by atoms with E-state index in [-0.39, 0.29) is 0 Å². The molecule has 1 rings (SSSR count). The molecule has 0 atom stereocenters. The highest BCUT2D eigenvalue weighted by molar-refractivity contribution is 9.10. The number of benzene rings is 1. The zero-order valence-electron chi connectivity index (χ0n) is 6.76. The predicted octanol–water partition coefficient (Wildman–Crippen LogP) is 2.98. The van der Waals surface area contributed by atoms with Gasteiger partial charge in [-0.25, -0.2) is 9.79 Å². The summed E-state index contributed by atoms with van der Waals surface area (Å²) in [5, 5.41) is 0.690. The molecule has 0 N–H and O–H groups in total. The molecule has 0 fully saturated rings. The van der Waals surface area contributed by atoms with Gasteiger partial charge in [0.15, 0.2) is 0 Å². The number of carbonyl (C=O) groups excluding carboxylic acids is 1. The predicted molar refractivity (Wildman–Crippen MR) is 55.8 cm³/mol. The number of hydrogen-bond acceptors (Lipinski definition) is 2. The summed E-state index contributed by atoms with van der Waals surface area (Å²) in [5.41, 5.74) is 0.990. The maximum Gasteiger partial charge on any atom is 0.234 e. The van der Waals surface area contributed by atoms with Crippen LogP contribution in [0.1, 0.15) is 5.56 Å². The van der Waals surface area contributed by atoms with Gasteiger partial charge in [-0.1, -0.05) is 33.6 Å². The quantitative estimate of drug-likeness (QED) is 0.607. The van der Waals surface area contributed by atoms with Crippen molar-refractivity contribution in [2.24, 2.45) is 4.99 Å². The molecule has 0 saturated carbocycles. The van der Waals surface area contributed by atoms with Gasteiger partial charge < -0.3 is 0 Å². The average Bonchev–Trinajstić information content (AvgIpc) is 2.09. The fourth-order valence-corrected chi connectivity index (χ4v) is 1.71. The second kappa shape index (κ2) is 5.18. The SMILES string of the molecule is O=C=NCCc1ccc(Br)cc1Cl. The monoisotopic (exact) mass is 259 g/mol. The van der Waals surface area contributed by atoms with E-state index in [9.17, 15) is 4.79 Å². The average molecular weight is 261 g/mol. The summed E-state index contributed by atoms with van der Waals surface area (Å²) in [4.78, 5) is 13.3. The van der Waals surface area contributed by atoms with Gasteiger partial charge in [-0.3, -0.25) is 0 Å². The van der Waals surface area contributed by atoms with Crippen molar-refractivity contribution >= 4 is 33.6 Å². The van der Waals surface area contributed by atoms with Crippen LogP contribution in [0.25, 0.3) is 0 Å². The molecule has 2 nitrogen and oxygen atoms in total. The van der Waals surface area contributed by atoms with Crippen LogP contribution in [0.3, 0.4) is 0 Å². The summed E-state index contributed by atoms with van der Waals surface area (Å²) >= 11 is 9.25. The second-order valence-corrected chi connectivity index (χ2v) is 3.78. The van der Waals surface area contributed by atoms with E-state index >= 15 is 0 Å². The number of hydrogen-bond donors (Lipinski definition) is 0. The molecule has 1 aromatic carbocycles. The van der Waals surface area contributed by atoms with Crippen molar-refractivity contribution in [2.45, 2.75) is 6.42 Å². The molecule has 0 aliphatic rings. The molecular weight excluding hydrogens is 253 g/mol. The molecule has 0 spiro atoms. The molecule has 0 aromatic heterocycles. The molecule has 68 valence electrons. The summed E-state index contributed by atoms with van der Waals surface area (Å²) < 4.78 is 0.945. The van der Waals surface area contributed by atoms with Crippen LogP contribution in [0.4, 0.5) is 0 Å². The lowest BCUT2D eigenvalue weighted by atomic mass is 10.1. The first-order valence-corrected chi connectivity index (χ1v) is 4.88. The van der Waals surface area contributed by atoms with Crippen molar-refractivity contribution in [3.05, 3.63) is 33.3 Å². The van der Waals surface area contributed by atoms with E-state index in [1.165, 1.54) is 6.08 Å². The standard InChI is InChI=1S/C9H7BrClNO/c10-8-2-1-7(9(11)5-8)3-4-12-6-13/h1-2,5H,3-4H2. The van der Waals surface area contributed by atoms with Crippen molar-refractivity contribution in [2.75, 3.05) is 6.54 Å². The minimum atomic E-state index is 0.435. The molecule has 0 aliphatic heterocycles. The van der Waals surface area contributed by atoms with E-state index in [1.807, 2.05) is 18.2 Å². The fourth-order valence-electron chi connectivity index (χ4n) is 0.946. The molecule has 0 radical (unpaired) electrons. The Labute approximate surface area is 89.8 Å². The van der Waals surface area contributed by atoms with Crippen LogP contribution in [0.15, 0.2) is 27.7 Å². The zero-order valence-corrected chi connectivity index (χ0v) is 9.10. The van der Waals surface area contributed by atoms with Crippen molar-refractivity contribution in [1.29, 1.82) is 0 Å². The lowest BCUT2D eigenvalue weighted by Gasteiger charge is -2.01. The van der Waals surface area contributed by atoms with Crippen molar-refractivity contribution in [1.82, 2.24) is 0 Å². The largest absolute Gasteiger partial charge is 0.234 e. The van der Waals surface area contributed by atoms with E-state index in [4.69, 9.17) is 11.6 Å². The number of nitrogens with zero attached hydrogens (tertiary/aromatic N) is 1. The molecule has 0 amide bonds. The van der Waals surface area contributed by atoms with Crippen molar-refractivity contribution in [3.63, 3.8) is 0 Å². The Balaban J connectivity index is 2.71. The zero-order chi connectivity index (χ0) is 9.68. The highest BCUT2D eigenvalue weighted by Crippen LogP contribution is 2.21. The van der Waals surface area contributed by atoms with Gasteiger partial charge in [-0.15, -0.1) is 0 Å². The third-order valence-electron chi connectivity index (χ3n) is 1.57. The number of isocyanates is 1. The Kier molecular flexibility index (Phi) is 4.16. The van der Waals surface area contributed by atoms with Crippen LogP contribution in [0.5, 0.6) is 0 Å². The Morgan fingerprint density at radius 2 is 2.31 bits per heavy atom. The smallest absolute Gasteiger partial charge is 0.211 e. The molecule has 1 aromatic rings. The summed E-state index contributed by atoms with van der Waals surface area (Å²) in [6, 6.07) is 5.64. The highest BCUT2D eigenvalue weighted by atomic mass is 79.9. The molecular formula is C9H7BrClNO. The number of rotatable bonds is 3.